The molecular formula is C13H21N3S. The van der Waals surface area contributed by atoms with E-state index >= 15 is 0 Å². The minimum absolute atomic E-state index is 0.574. The van der Waals surface area contributed by atoms with E-state index in [0.717, 1.165) is 17.9 Å². The summed E-state index contributed by atoms with van der Waals surface area (Å²) >= 11 is 2.03. The molecule has 4 heteroatoms. The highest BCUT2D eigenvalue weighted by Crippen LogP contribution is 2.29. The maximum Gasteiger partial charge on any atom is 0.0451 e. The molecule has 0 aromatic carbocycles. The minimum Gasteiger partial charge on any atom is -0.367 e. The second kappa shape index (κ2) is 5.27. The average Bonchev–Trinajstić information content (AvgIpc) is 2.28. The summed E-state index contributed by atoms with van der Waals surface area (Å²) in [4.78, 5) is 7.00. The van der Waals surface area contributed by atoms with E-state index in [0.29, 0.717) is 12.6 Å². The molecule has 1 unspecified atom stereocenters. The third-order valence-corrected chi connectivity index (χ3v) is 4.51. The molecule has 0 radical (unpaired) electrons. The summed E-state index contributed by atoms with van der Waals surface area (Å²) in [6, 6.07) is 2.77. The number of aryl methyl sites for hydroxylation is 2. The number of aromatic nitrogens is 1. The van der Waals surface area contributed by atoms with E-state index in [4.69, 9.17) is 5.73 Å². The van der Waals surface area contributed by atoms with Crippen molar-refractivity contribution in [3.63, 3.8) is 0 Å². The van der Waals surface area contributed by atoms with Gasteiger partial charge in [-0.3, -0.25) is 4.98 Å². The molecule has 2 heterocycles. The molecule has 0 aliphatic carbocycles. The van der Waals surface area contributed by atoms with Gasteiger partial charge in [0.05, 0.1) is 0 Å². The van der Waals surface area contributed by atoms with Gasteiger partial charge in [-0.2, -0.15) is 11.8 Å². The normalized spacial score (nSPS) is 20.7. The molecule has 0 amide bonds. The van der Waals surface area contributed by atoms with Crippen molar-refractivity contribution in [3.05, 3.63) is 23.0 Å². The lowest BCUT2D eigenvalue weighted by molar-refractivity contribution is 0.693. The van der Waals surface area contributed by atoms with Crippen molar-refractivity contribution in [1.82, 2.24) is 4.98 Å². The molecule has 94 valence electrons. The van der Waals surface area contributed by atoms with E-state index in [-0.39, 0.29) is 0 Å². The molecule has 1 aromatic heterocycles. The SMILES string of the molecule is Cc1cc(N2CCSCC2C)c(CN)c(C)n1. The van der Waals surface area contributed by atoms with Crippen LogP contribution in [-0.4, -0.2) is 29.1 Å². The quantitative estimate of drug-likeness (QED) is 0.874. The molecule has 2 N–H and O–H groups in total. The Morgan fingerprint density at radius 3 is 2.94 bits per heavy atom. The van der Waals surface area contributed by atoms with Crippen molar-refractivity contribution in [2.45, 2.75) is 33.4 Å². The van der Waals surface area contributed by atoms with Gasteiger partial charge in [0.15, 0.2) is 0 Å². The van der Waals surface area contributed by atoms with E-state index in [9.17, 15) is 0 Å². The Hall–Kier alpha value is -0.740. The highest BCUT2D eigenvalue weighted by molar-refractivity contribution is 7.99. The zero-order chi connectivity index (χ0) is 12.4. The van der Waals surface area contributed by atoms with Gasteiger partial charge < -0.3 is 10.6 Å². The zero-order valence-electron chi connectivity index (χ0n) is 10.9. The third-order valence-electron chi connectivity index (χ3n) is 3.32. The summed E-state index contributed by atoms with van der Waals surface area (Å²) in [5.74, 6) is 2.40. The number of nitrogens with two attached hydrogens (primary N) is 1. The van der Waals surface area contributed by atoms with Crippen LogP contribution in [0.3, 0.4) is 0 Å². The zero-order valence-corrected chi connectivity index (χ0v) is 11.7. The van der Waals surface area contributed by atoms with Crippen LogP contribution in [0.2, 0.25) is 0 Å². The molecule has 1 atom stereocenters. The highest BCUT2D eigenvalue weighted by atomic mass is 32.2. The number of nitrogens with zero attached hydrogens (tertiary/aromatic N) is 2. The van der Waals surface area contributed by atoms with Gasteiger partial charge in [-0.15, -0.1) is 0 Å². The first kappa shape index (κ1) is 12.7. The van der Waals surface area contributed by atoms with Crippen LogP contribution in [-0.2, 0) is 6.54 Å². The molecule has 1 aromatic rings. The van der Waals surface area contributed by atoms with Gasteiger partial charge in [-0.1, -0.05) is 0 Å². The summed E-state index contributed by atoms with van der Waals surface area (Å²) < 4.78 is 0. The average molecular weight is 251 g/mol. The van der Waals surface area contributed by atoms with Gasteiger partial charge in [-0.25, -0.2) is 0 Å². The molecule has 2 rings (SSSR count). The lowest BCUT2D eigenvalue weighted by Gasteiger charge is -2.36. The van der Waals surface area contributed by atoms with Gasteiger partial charge in [0, 0.05) is 53.3 Å². The van der Waals surface area contributed by atoms with Crippen LogP contribution in [0.4, 0.5) is 5.69 Å². The van der Waals surface area contributed by atoms with Gasteiger partial charge >= 0.3 is 0 Å². The van der Waals surface area contributed by atoms with Crippen molar-refractivity contribution in [3.8, 4) is 0 Å². The molecule has 0 bridgehead atoms. The smallest absolute Gasteiger partial charge is 0.0451 e. The summed E-state index contributed by atoms with van der Waals surface area (Å²) in [6.07, 6.45) is 0. The number of pyridine rings is 1. The number of rotatable bonds is 2. The highest BCUT2D eigenvalue weighted by Gasteiger charge is 2.22. The number of hydrogen-bond donors (Lipinski definition) is 1. The Morgan fingerprint density at radius 2 is 2.29 bits per heavy atom. The Kier molecular flexibility index (Phi) is 3.94. The van der Waals surface area contributed by atoms with Gasteiger partial charge in [-0.05, 0) is 26.8 Å². The van der Waals surface area contributed by atoms with Crippen LogP contribution in [0.5, 0.6) is 0 Å². The molecule has 0 spiro atoms. The largest absolute Gasteiger partial charge is 0.367 e. The first-order valence-corrected chi connectivity index (χ1v) is 7.30. The fourth-order valence-corrected chi connectivity index (χ4v) is 3.44. The molecular weight excluding hydrogens is 230 g/mol. The third kappa shape index (κ3) is 2.58. The Bertz CT molecular complexity index is 406. The first-order valence-electron chi connectivity index (χ1n) is 6.15. The topological polar surface area (TPSA) is 42.1 Å². The summed E-state index contributed by atoms with van der Waals surface area (Å²) in [5.41, 5.74) is 10.5. The van der Waals surface area contributed by atoms with Crippen molar-refractivity contribution in [1.29, 1.82) is 0 Å². The van der Waals surface area contributed by atoms with Gasteiger partial charge in [0.2, 0.25) is 0 Å². The van der Waals surface area contributed by atoms with Crippen LogP contribution in [0.25, 0.3) is 0 Å². The van der Waals surface area contributed by atoms with Crippen LogP contribution < -0.4 is 10.6 Å². The Balaban J connectivity index is 2.42. The molecule has 3 nitrogen and oxygen atoms in total. The van der Waals surface area contributed by atoms with E-state index in [1.807, 2.05) is 11.8 Å². The predicted octanol–water partition coefficient (Wildman–Crippen LogP) is 2.10. The maximum atomic E-state index is 5.88. The van der Waals surface area contributed by atoms with Crippen LogP contribution in [0.1, 0.15) is 23.9 Å². The van der Waals surface area contributed by atoms with E-state index < -0.39 is 0 Å². The summed E-state index contributed by atoms with van der Waals surface area (Å²) in [6.45, 7) is 8.09. The molecule has 1 aliphatic rings. The second-order valence-corrected chi connectivity index (χ2v) is 5.82. The number of anilines is 1. The minimum atomic E-state index is 0.574. The van der Waals surface area contributed by atoms with Crippen molar-refractivity contribution < 1.29 is 0 Å². The van der Waals surface area contributed by atoms with E-state index in [1.54, 1.807) is 0 Å². The van der Waals surface area contributed by atoms with E-state index in [1.165, 1.54) is 22.8 Å². The number of thioether (sulfide) groups is 1. The lowest BCUT2D eigenvalue weighted by atomic mass is 10.1. The summed E-state index contributed by atoms with van der Waals surface area (Å²) in [7, 11) is 0. The second-order valence-electron chi connectivity index (χ2n) is 4.67. The van der Waals surface area contributed by atoms with Crippen molar-refractivity contribution >= 4 is 17.4 Å². The van der Waals surface area contributed by atoms with Crippen LogP contribution in [0.15, 0.2) is 6.07 Å². The lowest BCUT2D eigenvalue weighted by Crippen LogP contribution is -2.41. The molecule has 0 saturated carbocycles. The van der Waals surface area contributed by atoms with Crippen molar-refractivity contribution in [2.24, 2.45) is 5.73 Å². The van der Waals surface area contributed by atoms with E-state index in [2.05, 4.69) is 36.7 Å². The Labute approximate surface area is 108 Å². The molecule has 17 heavy (non-hydrogen) atoms. The molecule has 1 fully saturated rings. The van der Waals surface area contributed by atoms with Gasteiger partial charge in [0.25, 0.3) is 0 Å². The van der Waals surface area contributed by atoms with Gasteiger partial charge in [0.1, 0.15) is 0 Å². The fourth-order valence-electron chi connectivity index (χ4n) is 2.43. The van der Waals surface area contributed by atoms with Crippen molar-refractivity contribution in [2.75, 3.05) is 23.0 Å². The maximum absolute atomic E-state index is 5.88. The Morgan fingerprint density at radius 1 is 1.53 bits per heavy atom. The molecule has 1 aliphatic heterocycles. The number of hydrogen-bond acceptors (Lipinski definition) is 4. The van der Waals surface area contributed by atoms with Crippen LogP contribution >= 0.6 is 11.8 Å². The molecule has 1 saturated heterocycles. The standard InChI is InChI=1S/C13H21N3S/c1-9-6-13(12(7-14)11(3)15-9)16-4-5-17-8-10(16)2/h6,10H,4-5,7-8,14H2,1-3H3. The predicted molar refractivity (Wildman–Crippen MR) is 75.7 cm³/mol. The fraction of sp³-hybridized carbons (Fsp3) is 0.615. The van der Waals surface area contributed by atoms with Crippen LogP contribution in [0, 0.1) is 13.8 Å². The summed E-state index contributed by atoms with van der Waals surface area (Å²) in [5, 5.41) is 0. The monoisotopic (exact) mass is 251 g/mol. The first-order chi connectivity index (χ1) is 8.13.